The van der Waals surface area contributed by atoms with Crippen LogP contribution in [0.3, 0.4) is 0 Å². The molecule has 0 bridgehead atoms. The lowest BCUT2D eigenvalue weighted by Gasteiger charge is -2.16. The molecule has 0 unspecified atom stereocenters. The number of amides is 1. The summed E-state index contributed by atoms with van der Waals surface area (Å²) in [6.45, 7) is 0.459. The standard InChI is InChI=1S/C23H14F3N5O2/c24-16-7-17(25)21(18(26)8-16)33-22-20-19(27-12-28-22)11-31(23(20)32)10-13-1-3-14(4-2-13)15-5-6-29-30-9-15/h1-9,12H,10-11H2. The summed E-state index contributed by atoms with van der Waals surface area (Å²) >= 11 is 0. The largest absolute Gasteiger partial charge is 0.432 e. The minimum Gasteiger partial charge on any atom is -0.432 e. The Bertz CT molecular complexity index is 1330. The summed E-state index contributed by atoms with van der Waals surface area (Å²) in [5, 5.41) is 7.62. The van der Waals surface area contributed by atoms with Gasteiger partial charge in [-0.05, 0) is 17.2 Å². The molecular weight excluding hydrogens is 435 g/mol. The van der Waals surface area contributed by atoms with E-state index in [0.717, 1.165) is 23.0 Å². The van der Waals surface area contributed by atoms with Crippen molar-refractivity contribution in [1.82, 2.24) is 25.1 Å². The molecule has 2 aromatic carbocycles. The van der Waals surface area contributed by atoms with Crippen LogP contribution in [0, 0.1) is 17.5 Å². The number of nitrogens with zero attached hydrogens (tertiary/aromatic N) is 5. The van der Waals surface area contributed by atoms with Crippen molar-refractivity contribution in [2.75, 3.05) is 0 Å². The summed E-state index contributed by atoms with van der Waals surface area (Å²) in [4.78, 5) is 22.5. The number of halogens is 3. The van der Waals surface area contributed by atoms with Crippen LogP contribution in [0.2, 0.25) is 0 Å². The number of carbonyl (C=O) groups is 1. The molecule has 164 valence electrons. The summed E-state index contributed by atoms with van der Waals surface area (Å²) in [5.41, 5.74) is 3.12. The van der Waals surface area contributed by atoms with Gasteiger partial charge in [0, 0.05) is 24.2 Å². The van der Waals surface area contributed by atoms with Crippen LogP contribution in [0.25, 0.3) is 11.1 Å². The van der Waals surface area contributed by atoms with Crippen molar-refractivity contribution in [2.45, 2.75) is 13.1 Å². The third kappa shape index (κ3) is 3.98. The zero-order valence-electron chi connectivity index (χ0n) is 16.9. The first-order valence-electron chi connectivity index (χ1n) is 9.81. The number of carbonyl (C=O) groups excluding carboxylic acids is 1. The Labute approximate surface area is 185 Å². The highest BCUT2D eigenvalue weighted by molar-refractivity contribution is 5.99. The van der Waals surface area contributed by atoms with E-state index in [-0.39, 0.29) is 24.5 Å². The van der Waals surface area contributed by atoms with E-state index >= 15 is 0 Å². The maximum atomic E-state index is 14.0. The van der Waals surface area contributed by atoms with Crippen molar-refractivity contribution in [1.29, 1.82) is 0 Å². The molecule has 0 fully saturated rings. The highest BCUT2D eigenvalue weighted by Crippen LogP contribution is 2.34. The molecule has 1 aliphatic heterocycles. The average molecular weight is 449 g/mol. The Hall–Kier alpha value is -4.34. The van der Waals surface area contributed by atoms with Crippen LogP contribution in [0.15, 0.2) is 61.2 Å². The third-order valence-electron chi connectivity index (χ3n) is 5.14. The first-order valence-corrected chi connectivity index (χ1v) is 9.81. The van der Waals surface area contributed by atoms with Gasteiger partial charge in [0.1, 0.15) is 17.7 Å². The van der Waals surface area contributed by atoms with Crippen LogP contribution >= 0.6 is 0 Å². The average Bonchev–Trinajstić information content (AvgIpc) is 3.13. The normalized spacial score (nSPS) is 12.7. The summed E-state index contributed by atoms with van der Waals surface area (Å²) in [7, 11) is 0. The first-order chi connectivity index (χ1) is 16.0. The second-order valence-corrected chi connectivity index (χ2v) is 7.29. The van der Waals surface area contributed by atoms with Gasteiger partial charge < -0.3 is 9.64 Å². The summed E-state index contributed by atoms with van der Waals surface area (Å²) in [5.74, 6) is -5.15. The Morgan fingerprint density at radius 3 is 2.39 bits per heavy atom. The van der Waals surface area contributed by atoms with Gasteiger partial charge in [-0.3, -0.25) is 4.79 Å². The minimum absolute atomic E-state index is 0.0140. The number of hydrogen-bond acceptors (Lipinski definition) is 6. The number of hydrogen-bond donors (Lipinski definition) is 0. The van der Waals surface area contributed by atoms with E-state index in [9.17, 15) is 18.0 Å². The number of aromatic nitrogens is 4. The molecule has 0 N–H and O–H groups in total. The quantitative estimate of drug-likeness (QED) is 0.452. The van der Waals surface area contributed by atoms with Crippen LogP contribution < -0.4 is 4.74 Å². The zero-order valence-corrected chi connectivity index (χ0v) is 16.9. The van der Waals surface area contributed by atoms with Crippen molar-refractivity contribution in [3.63, 3.8) is 0 Å². The molecule has 0 atom stereocenters. The fourth-order valence-corrected chi connectivity index (χ4v) is 3.56. The maximum absolute atomic E-state index is 14.0. The second kappa shape index (κ2) is 8.30. The highest BCUT2D eigenvalue weighted by atomic mass is 19.1. The molecule has 3 heterocycles. The first kappa shape index (κ1) is 20.6. The molecule has 2 aromatic heterocycles. The topological polar surface area (TPSA) is 81.1 Å². The minimum atomic E-state index is -1.24. The monoisotopic (exact) mass is 449 g/mol. The van der Waals surface area contributed by atoms with E-state index < -0.39 is 29.1 Å². The molecule has 0 radical (unpaired) electrons. The van der Waals surface area contributed by atoms with E-state index in [1.807, 2.05) is 30.3 Å². The van der Waals surface area contributed by atoms with Crippen LogP contribution in [-0.4, -0.2) is 31.0 Å². The molecule has 1 amide bonds. The van der Waals surface area contributed by atoms with Crippen LogP contribution in [-0.2, 0) is 13.1 Å². The second-order valence-electron chi connectivity index (χ2n) is 7.29. The third-order valence-corrected chi connectivity index (χ3v) is 5.14. The molecule has 7 nitrogen and oxygen atoms in total. The van der Waals surface area contributed by atoms with Crippen LogP contribution in [0.1, 0.15) is 21.6 Å². The van der Waals surface area contributed by atoms with Crippen LogP contribution in [0.4, 0.5) is 13.2 Å². The van der Waals surface area contributed by atoms with Crippen molar-refractivity contribution in [3.05, 3.63) is 95.5 Å². The van der Waals surface area contributed by atoms with Gasteiger partial charge in [0.2, 0.25) is 11.6 Å². The van der Waals surface area contributed by atoms with Gasteiger partial charge in [-0.25, -0.2) is 23.1 Å². The van der Waals surface area contributed by atoms with E-state index in [2.05, 4.69) is 20.2 Å². The molecular formula is C23H14F3N5O2. The Balaban J connectivity index is 1.37. The predicted molar refractivity (Wildman–Crippen MR) is 109 cm³/mol. The van der Waals surface area contributed by atoms with Crippen LogP contribution in [0.5, 0.6) is 11.6 Å². The smallest absolute Gasteiger partial charge is 0.261 e. The van der Waals surface area contributed by atoms with Crippen molar-refractivity contribution >= 4 is 5.91 Å². The lowest BCUT2D eigenvalue weighted by atomic mass is 10.1. The van der Waals surface area contributed by atoms with Crippen molar-refractivity contribution in [2.24, 2.45) is 0 Å². The van der Waals surface area contributed by atoms with E-state index in [0.29, 0.717) is 17.8 Å². The van der Waals surface area contributed by atoms with Gasteiger partial charge in [-0.1, -0.05) is 24.3 Å². The Morgan fingerprint density at radius 1 is 0.939 bits per heavy atom. The lowest BCUT2D eigenvalue weighted by Crippen LogP contribution is -2.23. The van der Waals surface area contributed by atoms with E-state index in [1.165, 1.54) is 4.90 Å². The summed E-state index contributed by atoms with van der Waals surface area (Å²) in [6, 6.07) is 10.4. The fourth-order valence-electron chi connectivity index (χ4n) is 3.56. The summed E-state index contributed by atoms with van der Waals surface area (Å²) in [6.07, 6.45) is 4.40. The highest BCUT2D eigenvalue weighted by Gasteiger charge is 2.34. The summed E-state index contributed by atoms with van der Waals surface area (Å²) < 4.78 is 46.5. The van der Waals surface area contributed by atoms with Gasteiger partial charge in [0.05, 0.1) is 24.6 Å². The van der Waals surface area contributed by atoms with Gasteiger partial charge in [0.25, 0.3) is 5.91 Å². The number of fused-ring (bicyclic) bond motifs is 1. The van der Waals surface area contributed by atoms with Gasteiger partial charge in [-0.15, -0.1) is 0 Å². The molecule has 0 saturated heterocycles. The van der Waals surface area contributed by atoms with Gasteiger partial charge >= 0.3 is 0 Å². The SMILES string of the molecule is O=C1c2c(ncnc2Oc2c(F)cc(F)cc2F)CN1Cc1ccc(-c2ccnnc2)cc1. The maximum Gasteiger partial charge on any atom is 0.261 e. The fraction of sp³-hybridized carbons (Fsp3) is 0.0870. The Kier molecular flexibility index (Phi) is 5.17. The Morgan fingerprint density at radius 2 is 1.70 bits per heavy atom. The molecule has 10 heteroatoms. The molecule has 33 heavy (non-hydrogen) atoms. The molecule has 4 aromatic rings. The molecule has 1 aliphatic rings. The van der Waals surface area contributed by atoms with Crippen molar-refractivity contribution < 1.29 is 22.7 Å². The lowest BCUT2D eigenvalue weighted by molar-refractivity contribution is 0.0764. The molecule has 0 saturated carbocycles. The number of rotatable bonds is 5. The van der Waals surface area contributed by atoms with Gasteiger partial charge in [-0.2, -0.15) is 10.2 Å². The zero-order chi connectivity index (χ0) is 22.9. The number of ether oxygens (including phenoxy) is 1. The molecule has 0 aliphatic carbocycles. The van der Waals surface area contributed by atoms with Crippen molar-refractivity contribution in [3.8, 4) is 22.8 Å². The van der Waals surface area contributed by atoms with Gasteiger partial charge in [0.15, 0.2) is 11.6 Å². The molecule has 5 rings (SSSR count). The van der Waals surface area contributed by atoms with E-state index in [4.69, 9.17) is 4.74 Å². The number of benzene rings is 2. The molecule has 0 spiro atoms. The predicted octanol–water partition coefficient (Wildman–Crippen LogP) is 4.30. The van der Waals surface area contributed by atoms with E-state index in [1.54, 1.807) is 12.4 Å².